The molecule has 0 amide bonds. The zero-order valence-electron chi connectivity index (χ0n) is 11.1. The smallest absolute Gasteiger partial charge is 0.0960 e. The minimum absolute atomic E-state index is 0.338. The van der Waals surface area contributed by atoms with Crippen molar-refractivity contribution in [2.24, 2.45) is 17.3 Å². The van der Waals surface area contributed by atoms with Gasteiger partial charge in [-0.25, -0.2) is 0 Å². The highest BCUT2D eigenvalue weighted by Crippen LogP contribution is 2.43. The summed E-state index contributed by atoms with van der Waals surface area (Å²) in [5.74, 6) is 1.21. The Bertz CT molecular complexity index is 326. The summed E-state index contributed by atoms with van der Waals surface area (Å²) >= 11 is 0. The average Bonchev–Trinajstić information content (AvgIpc) is 2.80. The van der Waals surface area contributed by atoms with E-state index in [1.807, 2.05) is 6.07 Å². The van der Waals surface area contributed by atoms with Crippen LogP contribution < -0.4 is 0 Å². The second kappa shape index (κ2) is 4.85. The van der Waals surface area contributed by atoms with Crippen LogP contribution in [0.25, 0.3) is 0 Å². The van der Waals surface area contributed by atoms with E-state index in [4.69, 9.17) is 4.42 Å². The minimum Gasteiger partial charge on any atom is -0.472 e. The van der Waals surface area contributed by atoms with Crippen LogP contribution in [-0.4, -0.2) is 5.11 Å². The quantitative estimate of drug-likeness (QED) is 0.836. The Labute approximate surface area is 104 Å². The Balaban J connectivity index is 1.91. The zero-order chi connectivity index (χ0) is 12.5. The van der Waals surface area contributed by atoms with Crippen molar-refractivity contribution in [2.75, 3.05) is 0 Å². The molecule has 1 heterocycles. The highest BCUT2D eigenvalue weighted by molar-refractivity contribution is 5.10. The molecule has 1 unspecified atom stereocenters. The van der Waals surface area contributed by atoms with Gasteiger partial charge in [0.1, 0.15) is 0 Å². The predicted octanol–water partition coefficient (Wildman–Crippen LogP) is 4.17. The average molecular weight is 236 g/mol. The van der Waals surface area contributed by atoms with Gasteiger partial charge in [-0.3, -0.25) is 0 Å². The van der Waals surface area contributed by atoms with E-state index in [0.717, 1.165) is 24.3 Å². The molecule has 1 aliphatic carbocycles. The van der Waals surface area contributed by atoms with E-state index in [0.29, 0.717) is 11.3 Å². The number of furan rings is 1. The van der Waals surface area contributed by atoms with E-state index in [9.17, 15) is 5.11 Å². The molecular formula is C15H24O2. The van der Waals surface area contributed by atoms with Crippen LogP contribution in [0, 0.1) is 17.3 Å². The summed E-state index contributed by atoms with van der Waals surface area (Å²) in [6.07, 6.45) is 7.71. The van der Waals surface area contributed by atoms with E-state index in [2.05, 4.69) is 20.8 Å². The summed E-state index contributed by atoms with van der Waals surface area (Å²) in [5.41, 5.74) is 1.34. The van der Waals surface area contributed by atoms with Crippen LogP contribution in [0.2, 0.25) is 0 Å². The van der Waals surface area contributed by atoms with E-state index in [1.54, 1.807) is 12.5 Å². The first-order chi connectivity index (χ1) is 7.98. The Kier molecular flexibility index (Phi) is 3.62. The van der Waals surface area contributed by atoms with Crippen LogP contribution in [0.3, 0.4) is 0 Å². The fourth-order valence-corrected chi connectivity index (χ4v) is 3.02. The number of rotatable bonds is 2. The number of hydrogen-bond acceptors (Lipinski definition) is 2. The first-order valence-electron chi connectivity index (χ1n) is 6.68. The Morgan fingerprint density at radius 3 is 2.35 bits per heavy atom. The molecule has 1 N–H and O–H groups in total. The number of aliphatic hydroxyl groups is 1. The SMILES string of the molecule is CC(C)(C)C1CCC(C(O)c2ccoc2)CC1. The third-order valence-electron chi connectivity index (χ3n) is 4.33. The first kappa shape index (κ1) is 12.7. The van der Waals surface area contributed by atoms with Gasteiger partial charge < -0.3 is 9.52 Å². The van der Waals surface area contributed by atoms with Gasteiger partial charge in [0.15, 0.2) is 0 Å². The minimum atomic E-state index is -0.338. The highest BCUT2D eigenvalue weighted by Gasteiger charge is 2.32. The summed E-state index contributed by atoms with van der Waals surface area (Å²) in [6.45, 7) is 6.97. The fraction of sp³-hybridized carbons (Fsp3) is 0.733. The van der Waals surface area contributed by atoms with Crippen molar-refractivity contribution in [1.29, 1.82) is 0 Å². The Morgan fingerprint density at radius 1 is 1.24 bits per heavy atom. The second-order valence-electron chi connectivity index (χ2n) is 6.48. The molecule has 2 nitrogen and oxygen atoms in total. The van der Waals surface area contributed by atoms with Gasteiger partial charge in [0.2, 0.25) is 0 Å². The molecule has 0 radical (unpaired) electrons. The van der Waals surface area contributed by atoms with Crippen LogP contribution in [0.15, 0.2) is 23.0 Å². The van der Waals surface area contributed by atoms with Gasteiger partial charge in [0.25, 0.3) is 0 Å². The number of hydrogen-bond donors (Lipinski definition) is 1. The Hall–Kier alpha value is -0.760. The monoisotopic (exact) mass is 236 g/mol. The first-order valence-corrected chi connectivity index (χ1v) is 6.68. The molecule has 17 heavy (non-hydrogen) atoms. The zero-order valence-corrected chi connectivity index (χ0v) is 11.1. The standard InChI is InChI=1S/C15H24O2/c1-15(2,3)13-6-4-11(5-7-13)14(16)12-8-9-17-10-12/h8-11,13-14,16H,4-7H2,1-3H3. The van der Waals surface area contributed by atoms with Gasteiger partial charge in [0.05, 0.1) is 18.6 Å². The molecule has 0 aromatic carbocycles. The van der Waals surface area contributed by atoms with Gasteiger partial charge in [-0.2, -0.15) is 0 Å². The third-order valence-corrected chi connectivity index (χ3v) is 4.33. The molecule has 0 spiro atoms. The van der Waals surface area contributed by atoms with Crippen molar-refractivity contribution in [2.45, 2.75) is 52.6 Å². The van der Waals surface area contributed by atoms with Crippen LogP contribution >= 0.6 is 0 Å². The molecular weight excluding hydrogens is 212 g/mol. The van der Waals surface area contributed by atoms with Crippen molar-refractivity contribution in [3.8, 4) is 0 Å². The van der Waals surface area contributed by atoms with Gasteiger partial charge in [-0.1, -0.05) is 20.8 Å². The lowest BCUT2D eigenvalue weighted by molar-refractivity contribution is 0.0524. The van der Waals surface area contributed by atoms with E-state index in [-0.39, 0.29) is 6.10 Å². The van der Waals surface area contributed by atoms with Crippen molar-refractivity contribution in [3.05, 3.63) is 24.2 Å². The molecule has 0 aliphatic heterocycles. The van der Waals surface area contributed by atoms with E-state index >= 15 is 0 Å². The highest BCUT2D eigenvalue weighted by atomic mass is 16.3. The van der Waals surface area contributed by atoms with Gasteiger partial charge in [-0.15, -0.1) is 0 Å². The van der Waals surface area contributed by atoms with E-state index in [1.165, 1.54) is 12.8 Å². The van der Waals surface area contributed by atoms with Gasteiger partial charge in [-0.05, 0) is 49.0 Å². The molecule has 96 valence electrons. The molecule has 1 aromatic heterocycles. The lowest BCUT2D eigenvalue weighted by atomic mass is 9.68. The maximum absolute atomic E-state index is 10.3. The third kappa shape index (κ3) is 2.92. The maximum atomic E-state index is 10.3. The maximum Gasteiger partial charge on any atom is 0.0960 e. The van der Waals surface area contributed by atoms with Crippen LogP contribution in [0.1, 0.15) is 58.1 Å². The summed E-state index contributed by atoms with van der Waals surface area (Å²) in [4.78, 5) is 0. The number of aliphatic hydroxyl groups excluding tert-OH is 1. The molecule has 1 aliphatic rings. The topological polar surface area (TPSA) is 33.4 Å². The van der Waals surface area contributed by atoms with Crippen LogP contribution in [0.4, 0.5) is 0 Å². The van der Waals surface area contributed by atoms with Gasteiger partial charge >= 0.3 is 0 Å². The van der Waals surface area contributed by atoms with Gasteiger partial charge in [0, 0.05) is 5.56 Å². The summed E-state index contributed by atoms with van der Waals surface area (Å²) in [5, 5.41) is 10.3. The molecule has 1 fully saturated rings. The van der Waals surface area contributed by atoms with Crippen LogP contribution in [0.5, 0.6) is 0 Å². The normalized spacial score (nSPS) is 28.0. The van der Waals surface area contributed by atoms with Crippen molar-refractivity contribution < 1.29 is 9.52 Å². The predicted molar refractivity (Wildman–Crippen MR) is 68.6 cm³/mol. The van der Waals surface area contributed by atoms with Crippen molar-refractivity contribution in [3.63, 3.8) is 0 Å². The molecule has 1 saturated carbocycles. The second-order valence-corrected chi connectivity index (χ2v) is 6.48. The summed E-state index contributed by atoms with van der Waals surface area (Å²) in [7, 11) is 0. The van der Waals surface area contributed by atoms with Crippen molar-refractivity contribution in [1.82, 2.24) is 0 Å². The molecule has 0 saturated heterocycles. The molecule has 0 bridgehead atoms. The molecule has 1 aromatic rings. The lowest BCUT2D eigenvalue weighted by Gasteiger charge is -2.38. The summed E-state index contributed by atoms with van der Waals surface area (Å²) in [6, 6.07) is 1.88. The van der Waals surface area contributed by atoms with E-state index < -0.39 is 0 Å². The fourth-order valence-electron chi connectivity index (χ4n) is 3.02. The Morgan fingerprint density at radius 2 is 1.88 bits per heavy atom. The molecule has 2 rings (SSSR count). The lowest BCUT2D eigenvalue weighted by Crippen LogP contribution is -2.28. The largest absolute Gasteiger partial charge is 0.472 e. The molecule has 1 atom stereocenters. The van der Waals surface area contributed by atoms with Crippen molar-refractivity contribution >= 4 is 0 Å². The molecule has 2 heteroatoms. The summed E-state index contributed by atoms with van der Waals surface area (Å²) < 4.78 is 5.04. The van der Waals surface area contributed by atoms with Crippen LogP contribution in [-0.2, 0) is 0 Å².